The summed E-state index contributed by atoms with van der Waals surface area (Å²) in [4.78, 5) is 15.3. The summed E-state index contributed by atoms with van der Waals surface area (Å²) in [6.45, 7) is 5.29. The molecule has 16 heavy (non-hydrogen) atoms. The van der Waals surface area contributed by atoms with Gasteiger partial charge in [-0.25, -0.2) is 4.79 Å². The van der Waals surface area contributed by atoms with Gasteiger partial charge in [0.15, 0.2) is 0 Å². The minimum atomic E-state index is -0.350. The molecule has 1 amide bonds. The molecule has 92 valence electrons. The summed E-state index contributed by atoms with van der Waals surface area (Å²) < 4.78 is 10.2. The first kappa shape index (κ1) is 11.6. The number of cyclic esters (lactones) is 1. The zero-order valence-corrected chi connectivity index (χ0v) is 9.30. The summed E-state index contributed by atoms with van der Waals surface area (Å²) in [7, 11) is 0. The van der Waals surface area contributed by atoms with Crippen LogP contribution in [0.5, 0.6) is 0 Å². The average molecular weight is 230 g/mol. The fourth-order valence-corrected chi connectivity index (χ4v) is 1.94. The van der Waals surface area contributed by atoms with Crippen molar-refractivity contribution in [2.45, 2.75) is 6.10 Å². The second-order valence-corrected chi connectivity index (χ2v) is 4.09. The van der Waals surface area contributed by atoms with Crippen molar-refractivity contribution in [2.24, 2.45) is 0 Å². The summed E-state index contributed by atoms with van der Waals surface area (Å²) in [5.41, 5.74) is 0. The maximum absolute atomic E-state index is 11.4. The van der Waals surface area contributed by atoms with Crippen molar-refractivity contribution in [1.29, 1.82) is 0 Å². The molecule has 0 aliphatic carbocycles. The van der Waals surface area contributed by atoms with Crippen LogP contribution in [0.3, 0.4) is 0 Å². The highest BCUT2D eigenvalue weighted by molar-refractivity contribution is 5.69. The van der Waals surface area contributed by atoms with Crippen molar-refractivity contribution in [2.75, 3.05) is 52.5 Å². The van der Waals surface area contributed by atoms with E-state index in [1.165, 1.54) is 0 Å². The van der Waals surface area contributed by atoms with Crippen molar-refractivity contribution in [3.63, 3.8) is 0 Å². The van der Waals surface area contributed by atoms with E-state index in [1.807, 2.05) is 0 Å². The SMILES string of the molecule is O=C1OC(CO)CN1CCN1CCOCC1. The van der Waals surface area contributed by atoms with E-state index in [1.54, 1.807) is 4.90 Å². The number of aliphatic hydroxyl groups is 1. The van der Waals surface area contributed by atoms with Crippen LogP contribution in [0.2, 0.25) is 0 Å². The van der Waals surface area contributed by atoms with Crippen molar-refractivity contribution >= 4 is 6.09 Å². The number of ether oxygens (including phenoxy) is 2. The number of nitrogens with zero attached hydrogens (tertiary/aromatic N) is 2. The lowest BCUT2D eigenvalue weighted by atomic mass is 10.3. The lowest BCUT2D eigenvalue weighted by Gasteiger charge is -2.27. The van der Waals surface area contributed by atoms with Gasteiger partial charge >= 0.3 is 6.09 Å². The fraction of sp³-hybridized carbons (Fsp3) is 0.900. The Balaban J connectivity index is 1.71. The number of aliphatic hydroxyl groups excluding tert-OH is 1. The van der Waals surface area contributed by atoms with Gasteiger partial charge in [0.1, 0.15) is 6.10 Å². The van der Waals surface area contributed by atoms with E-state index in [0.717, 1.165) is 32.8 Å². The van der Waals surface area contributed by atoms with Gasteiger partial charge in [0.05, 0.1) is 26.4 Å². The van der Waals surface area contributed by atoms with Crippen LogP contribution in [-0.4, -0.2) is 79.6 Å². The first-order chi connectivity index (χ1) is 7.79. The molecule has 2 fully saturated rings. The van der Waals surface area contributed by atoms with Crippen molar-refractivity contribution < 1.29 is 19.4 Å². The summed E-state index contributed by atoms with van der Waals surface area (Å²) in [6.07, 6.45) is -0.663. The summed E-state index contributed by atoms with van der Waals surface area (Å²) in [5, 5.41) is 8.89. The molecule has 1 N–H and O–H groups in total. The third-order valence-corrected chi connectivity index (χ3v) is 2.94. The van der Waals surface area contributed by atoms with Crippen LogP contribution >= 0.6 is 0 Å². The Morgan fingerprint density at radius 2 is 2.06 bits per heavy atom. The molecular weight excluding hydrogens is 212 g/mol. The zero-order valence-electron chi connectivity index (χ0n) is 9.30. The van der Waals surface area contributed by atoms with E-state index in [-0.39, 0.29) is 18.8 Å². The Kier molecular flexibility index (Phi) is 3.98. The molecule has 0 aromatic heterocycles. The van der Waals surface area contributed by atoms with Crippen LogP contribution in [0.1, 0.15) is 0 Å². The van der Waals surface area contributed by atoms with Crippen LogP contribution in [0.25, 0.3) is 0 Å². The highest BCUT2D eigenvalue weighted by atomic mass is 16.6. The maximum atomic E-state index is 11.4. The molecule has 2 aliphatic rings. The molecule has 1 unspecified atom stereocenters. The van der Waals surface area contributed by atoms with E-state index in [9.17, 15) is 4.79 Å². The lowest BCUT2D eigenvalue weighted by Crippen LogP contribution is -2.41. The predicted molar refractivity (Wildman–Crippen MR) is 56.2 cm³/mol. The molecule has 0 saturated carbocycles. The second kappa shape index (κ2) is 5.47. The number of morpholine rings is 1. The van der Waals surface area contributed by atoms with E-state index < -0.39 is 0 Å². The second-order valence-electron chi connectivity index (χ2n) is 4.09. The van der Waals surface area contributed by atoms with Gasteiger partial charge in [-0.2, -0.15) is 0 Å². The van der Waals surface area contributed by atoms with Gasteiger partial charge in [-0.1, -0.05) is 0 Å². The molecule has 2 aliphatic heterocycles. The van der Waals surface area contributed by atoms with Crippen molar-refractivity contribution in [3.05, 3.63) is 0 Å². The van der Waals surface area contributed by atoms with Crippen molar-refractivity contribution in [1.82, 2.24) is 9.80 Å². The van der Waals surface area contributed by atoms with E-state index in [2.05, 4.69) is 4.90 Å². The number of hydrogen-bond donors (Lipinski definition) is 1. The topological polar surface area (TPSA) is 62.2 Å². The first-order valence-corrected chi connectivity index (χ1v) is 5.66. The smallest absolute Gasteiger partial charge is 0.410 e. The molecule has 0 aromatic rings. The van der Waals surface area contributed by atoms with Crippen LogP contribution < -0.4 is 0 Å². The third-order valence-electron chi connectivity index (χ3n) is 2.94. The highest BCUT2D eigenvalue weighted by Crippen LogP contribution is 2.10. The fourth-order valence-electron chi connectivity index (χ4n) is 1.94. The summed E-state index contributed by atoms with van der Waals surface area (Å²) in [5.74, 6) is 0. The number of carbonyl (C=O) groups is 1. The molecule has 2 rings (SSSR count). The number of rotatable bonds is 4. The number of hydrogen-bond acceptors (Lipinski definition) is 5. The molecule has 0 bridgehead atoms. The van der Waals surface area contributed by atoms with Crippen molar-refractivity contribution in [3.8, 4) is 0 Å². The van der Waals surface area contributed by atoms with Crippen LogP contribution in [-0.2, 0) is 9.47 Å². The Labute approximate surface area is 94.7 Å². The van der Waals surface area contributed by atoms with Crippen LogP contribution in [0.4, 0.5) is 4.79 Å². The molecule has 0 aromatic carbocycles. The van der Waals surface area contributed by atoms with Gasteiger partial charge in [-0.05, 0) is 0 Å². The van der Waals surface area contributed by atoms with Gasteiger partial charge in [-0.3, -0.25) is 4.90 Å². The predicted octanol–water partition coefficient (Wildman–Crippen LogP) is -0.868. The van der Waals surface area contributed by atoms with Gasteiger partial charge in [0, 0.05) is 26.2 Å². The Morgan fingerprint density at radius 1 is 1.31 bits per heavy atom. The Morgan fingerprint density at radius 3 is 2.69 bits per heavy atom. The van der Waals surface area contributed by atoms with E-state index >= 15 is 0 Å². The van der Waals surface area contributed by atoms with Gasteiger partial charge in [0.2, 0.25) is 0 Å². The van der Waals surface area contributed by atoms with Crippen LogP contribution in [0.15, 0.2) is 0 Å². The summed E-state index contributed by atoms with van der Waals surface area (Å²) in [6, 6.07) is 0. The average Bonchev–Trinajstić information content (AvgIpc) is 2.69. The van der Waals surface area contributed by atoms with E-state index in [4.69, 9.17) is 14.6 Å². The monoisotopic (exact) mass is 230 g/mol. The first-order valence-electron chi connectivity index (χ1n) is 5.66. The molecule has 2 saturated heterocycles. The Bertz CT molecular complexity index is 243. The molecule has 0 spiro atoms. The number of amides is 1. The van der Waals surface area contributed by atoms with Crippen LogP contribution in [0, 0.1) is 0 Å². The molecule has 0 radical (unpaired) electrons. The maximum Gasteiger partial charge on any atom is 0.410 e. The Hall–Kier alpha value is -0.850. The van der Waals surface area contributed by atoms with E-state index in [0.29, 0.717) is 13.1 Å². The standard InChI is InChI=1S/C10H18N2O4/c13-8-9-7-12(10(14)16-9)2-1-11-3-5-15-6-4-11/h9,13H,1-8H2. The molecule has 6 nitrogen and oxygen atoms in total. The van der Waals surface area contributed by atoms with Gasteiger partial charge in [-0.15, -0.1) is 0 Å². The van der Waals surface area contributed by atoms with Gasteiger partial charge in [0.25, 0.3) is 0 Å². The number of carbonyl (C=O) groups excluding carboxylic acids is 1. The molecular formula is C10H18N2O4. The minimum Gasteiger partial charge on any atom is -0.442 e. The molecule has 2 heterocycles. The largest absolute Gasteiger partial charge is 0.442 e. The van der Waals surface area contributed by atoms with Gasteiger partial charge < -0.3 is 19.5 Å². The molecule has 6 heteroatoms. The summed E-state index contributed by atoms with van der Waals surface area (Å²) >= 11 is 0. The highest BCUT2D eigenvalue weighted by Gasteiger charge is 2.30. The third kappa shape index (κ3) is 2.84. The normalized spacial score (nSPS) is 27.2. The quantitative estimate of drug-likeness (QED) is 0.680. The molecule has 1 atom stereocenters. The lowest BCUT2D eigenvalue weighted by molar-refractivity contribution is 0.0353. The zero-order chi connectivity index (χ0) is 11.4. The minimum absolute atomic E-state index is 0.0974.